The van der Waals surface area contributed by atoms with Gasteiger partial charge in [-0.2, -0.15) is 0 Å². The van der Waals surface area contributed by atoms with E-state index in [0.29, 0.717) is 0 Å². The van der Waals surface area contributed by atoms with Crippen LogP contribution in [0.3, 0.4) is 0 Å². The molecule has 0 saturated carbocycles. The second-order valence-corrected chi connectivity index (χ2v) is 5.68. The Balaban J connectivity index is 3.16. The summed E-state index contributed by atoms with van der Waals surface area (Å²) in [5.41, 5.74) is 0. The Morgan fingerprint density at radius 1 is 1.44 bits per heavy atom. The highest BCUT2D eigenvalue weighted by molar-refractivity contribution is 5.86. The second kappa shape index (κ2) is 10.6. The van der Waals surface area contributed by atoms with Crippen molar-refractivity contribution in [2.45, 2.75) is 45.2 Å². The van der Waals surface area contributed by atoms with Crippen molar-refractivity contribution >= 4 is 24.1 Å². The van der Waals surface area contributed by atoms with Crippen LogP contribution in [0.15, 0.2) is 11.8 Å². The van der Waals surface area contributed by atoms with E-state index >= 15 is 4.39 Å². The Bertz CT molecular complexity index is 597. The molecular formula is C16H23FN2O8. The van der Waals surface area contributed by atoms with Gasteiger partial charge in [-0.15, -0.1) is 0 Å². The average Bonchev–Trinajstić information content (AvgIpc) is 2.60. The van der Waals surface area contributed by atoms with E-state index in [9.17, 15) is 19.5 Å². The SMILES string of the molecule is CCOOC(COC(C)=O)C(F)[C@@H]1OC(C(=O)O)=C[C@H](C=N)C1NC(C)=O. The Morgan fingerprint density at radius 2 is 2.11 bits per heavy atom. The third-order valence-corrected chi connectivity index (χ3v) is 3.58. The number of carbonyl (C=O) groups excluding carboxylic acids is 2. The van der Waals surface area contributed by atoms with Gasteiger partial charge in [-0.05, 0) is 13.0 Å². The fourth-order valence-electron chi connectivity index (χ4n) is 2.45. The molecule has 0 aromatic carbocycles. The maximum atomic E-state index is 15.2. The van der Waals surface area contributed by atoms with Gasteiger partial charge in [0.05, 0.1) is 12.6 Å². The quantitative estimate of drug-likeness (QED) is 0.210. The Morgan fingerprint density at radius 3 is 2.59 bits per heavy atom. The molecule has 0 saturated heterocycles. The highest BCUT2D eigenvalue weighted by atomic mass is 19.1. The van der Waals surface area contributed by atoms with Gasteiger partial charge in [0.25, 0.3) is 0 Å². The predicted molar refractivity (Wildman–Crippen MR) is 88.5 cm³/mol. The minimum absolute atomic E-state index is 0.0767. The highest BCUT2D eigenvalue weighted by Gasteiger charge is 2.45. The summed E-state index contributed by atoms with van der Waals surface area (Å²) in [5.74, 6) is -4.16. The van der Waals surface area contributed by atoms with Gasteiger partial charge in [-0.1, -0.05) is 0 Å². The normalized spacial score (nSPS) is 24.0. The minimum Gasteiger partial charge on any atom is -0.478 e. The van der Waals surface area contributed by atoms with E-state index in [0.717, 1.165) is 19.2 Å². The monoisotopic (exact) mass is 390 g/mol. The van der Waals surface area contributed by atoms with Crippen LogP contribution in [0.4, 0.5) is 4.39 Å². The molecule has 0 fully saturated rings. The van der Waals surface area contributed by atoms with Crippen molar-refractivity contribution in [2.75, 3.05) is 13.2 Å². The van der Waals surface area contributed by atoms with Crippen LogP contribution in [0.1, 0.15) is 20.8 Å². The number of amides is 1. The number of aliphatic carboxylic acids is 1. The standard InChI is InChI=1S/C16H23FN2O8/c1-4-25-27-12(7-24-9(3)21)13(17)15-14(19-8(2)20)10(6-18)5-11(26-15)16(22)23/h5-6,10,12-15,18H,4,7H2,1-3H3,(H,19,20)(H,22,23)/t10-,12?,13?,14?,15+/m1/s1. The molecule has 1 aliphatic rings. The maximum absolute atomic E-state index is 15.2. The van der Waals surface area contributed by atoms with Crippen molar-refractivity contribution in [3.8, 4) is 0 Å². The van der Waals surface area contributed by atoms with Crippen LogP contribution in [0.5, 0.6) is 0 Å². The molecule has 1 amide bonds. The van der Waals surface area contributed by atoms with Gasteiger partial charge in [0.1, 0.15) is 6.61 Å². The maximum Gasteiger partial charge on any atom is 0.370 e. The van der Waals surface area contributed by atoms with Crippen molar-refractivity contribution in [1.82, 2.24) is 5.32 Å². The number of ether oxygens (including phenoxy) is 2. The lowest BCUT2D eigenvalue weighted by Gasteiger charge is -2.38. The van der Waals surface area contributed by atoms with E-state index in [1.165, 1.54) is 6.92 Å². The first-order valence-corrected chi connectivity index (χ1v) is 8.16. The number of hydrogen-bond acceptors (Lipinski definition) is 8. The molecule has 5 atom stereocenters. The summed E-state index contributed by atoms with van der Waals surface area (Å²) in [7, 11) is 0. The van der Waals surface area contributed by atoms with E-state index in [1.807, 2.05) is 0 Å². The van der Waals surface area contributed by atoms with Gasteiger partial charge in [-0.25, -0.2) is 19.0 Å². The van der Waals surface area contributed by atoms with Crippen molar-refractivity contribution in [3.05, 3.63) is 11.8 Å². The molecule has 0 spiro atoms. The van der Waals surface area contributed by atoms with Crippen molar-refractivity contribution in [2.24, 2.45) is 5.92 Å². The third kappa shape index (κ3) is 6.61. The van der Waals surface area contributed by atoms with Gasteiger partial charge in [0.15, 0.2) is 18.4 Å². The van der Waals surface area contributed by atoms with Crippen LogP contribution >= 0.6 is 0 Å². The molecule has 0 aromatic rings. The van der Waals surface area contributed by atoms with Gasteiger partial charge >= 0.3 is 11.9 Å². The van der Waals surface area contributed by atoms with Crippen LogP contribution < -0.4 is 5.32 Å². The molecule has 1 rings (SSSR count). The molecular weight excluding hydrogens is 367 g/mol. The summed E-state index contributed by atoms with van der Waals surface area (Å²) in [4.78, 5) is 43.4. The van der Waals surface area contributed by atoms with E-state index in [-0.39, 0.29) is 6.61 Å². The topological polar surface area (TPSA) is 144 Å². The summed E-state index contributed by atoms with van der Waals surface area (Å²) in [5, 5.41) is 19.1. The number of carboxylic acid groups (broad SMARTS) is 1. The Hall–Kier alpha value is -2.53. The minimum atomic E-state index is -2.06. The number of carbonyl (C=O) groups is 3. The van der Waals surface area contributed by atoms with Crippen molar-refractivity contribution < 1.29 is 43.1 Å². The summed E-state index contributed by atoms with van der Waals surface area (Å²) in [6.45, 7) is 3.45. The summed E-state index contributed by atoms with van der Waals surface area (Å²) in [6, 6.07) is -1.08. The molecule has 0 aromatic heterocycles. The lowest BCUT2D eigenvalue weighted by atomic mass is 9.88. The number of esters is 1. The largest absolute Gasteiger partial charge is 0.478 e. The zero-order chi connectivity index (χ0) is 20.6. The predicted octanol–water partition coefficient (Wildman–Crippen LogP) is 0.362. The number of carboxylic acids is 1. The number of halogens is 1. The first-order chi connectivity index (χ1) is 12.7. The molecule has 0 bridgehead atoms. The molecule has 152 valence electrons. The molecule has 0 aliphatic carbocycles. The van der Waals surface area contributed by atoms with Crippen LogP contribution in [-0.2, 0) is 33.6 Å². The van der Waals surface area contributed by atoms with Crippen molar-refractivity contribution in [1.29, 1.82) is 5.41 Å². The molecule has 1 heterocycles. The second-order valence-electron chi connectivity index (χ2n) is 5.68. The van der Waals surface area contributed by atoms with E-state index in [1.54, 1.807) is 6.92 Å². The van der Waals surface area contributed by atoms with Gasteiger partial charge in [0.2, 0.25) is 11.7 Å². The highest BCUT2D eigenvalue weighted by Crippen LogP contribution is 2.28. The van der Waals surface area contributed by atoms with Gasteiger partial charge in [0, 0.05) is 26.0 Å². The number of alkyl halides is 1. The van der Waals surface area contributed by atoms with E-state index < -0.39 is 60.6 Å². The van der Waals surface area contributed by atoms with Crippen LogP contribution in [0.2, 0.25) is 0 Å². The average molecular weight is 390 g/mol. The smallest absolute Gasteiger partial charge is 0.370 e. The molecule has 27 heavy (non-hydrogen) atoms. The van der Waals surface area contributed by atoms with Crippen LogP contribution in [0.25, 0.3) is 0 Å². The lowest BCUT2D eigenvalue weighted by Crippen LogP contribution is -2.57. The fourth-order valence-corrected chi connectivity index (χ4v) is 2.45. The summed E-state index contributed by atoms with van der Waals surface area (Å²) < 4.78 is 25.2. The molecule has 1 aliphatic heterocycles. The molecule has 10 nitrogen and oxygen atoms in total. The summed E-state index contributed by atoms with van der Waals surface area (Å²) >= 11 is 0. The Kier molecular flexibility index (Phi) is 8.82. The molecule has 11 heteroatoms. The van der Waals surface area contributed by atoms with Crippen LogP contribution in [0, 0.1) is 11.3 Å². The zero-order valence-electron chi connectivity index (χ0n) is 15.1. The van der Waals surface area contributed by atoms with Crippen LogP contribution in [-0.4, -0.2) is 66.8 Å². The number of hydrogen-bond donors (Lipinski definition) is 3. The van der Waals surface area contributed by atoms with Gasteiger partial charge < -0.3 is 25.3 Å². The molecule has 0 radical (unpaired) electrons. The fraction of sp³-hybridized carbons (Fsp3) is 0.625. The third-order valence-electron chi connectivity index (χ3n) is 3.58. The molecule has 3 N–H and O–H groups in total. The zero-order valence-corrected chi connectivity index (χ0v) is 15.1. The number of nitrogens with one attached hydrogen (secondary N) is 2. The number of rotatable bonds is 10. The van der Waals surface area contributed by atoms with Gasteiger partial charge in [-0.3, -0.25) is 9.59 Å². The Labute approximate surface area is 155 Å². The van der Waals surface area contributed by atoms with E-state index in [2.05, 4.69) is 5.32 Å². The lowest BCUT2D eigenvalue weighted by molar-refractivity contribution is -0.340. The van der Waals surface area contributed by atoms with Crippen molar-refractivity contribution in [3.63, 3.8) is 0 Å². The molecule has 3 unspecified atom stereocenters. The summed E-state index contributed by atoms with van der Waals surface area (Å²) in [6.07, 6.45) is -3.06. The first kappa shape index (κ1) is 22.5. The van der Waals surface area contributed by atoms with E-state index in [4.69, 9.17) is 24.7 Å². The first-order valence-electron chi connectivity index (χ1n) is 8.16.